The number of aromatic nitrogens is 1. The SMILES string of the molecule is CC(C)(COc1cccc2c1C(N)=NS(=O)(=O)N2)Nc1ccccn1. The molecular weight excluding hydrogens is 342 g/mol. The van der Waals surface area contributed by atoms with Crippen molar-refractivity contribution < 1.29 is 13.2 Å². The summed E-state index contributed by atoms with van der Waals surface area (Å²) in [5.74, 6) is 1.09. The zero-order chi connectivity index (χ0) is 18.1. The van der Waals surface area contributed by atoms with Crippen LogP contribution in [0.5, 0.6) is 5.75 Å². The largest absolute Gasteiger partial charge is 0.490 e. The predicted octanol–water partition coefficient (Wildman–Crippen LogP) is 1.73. The number of hydrogen-bond acceptors (Lipinski definition) is 6. The standard InChI is InChI=1S/C16H19N5O3S/c1-16(2,19-13-8-3-4-9-18-13)10-24-12-7-5-6-11-14(12)15(17)21-25(22,23)20-11/h3-9,20H,10H2,1-2H3,(H2,17,21)(H,18,19). The van der Waals surface area contributed by atoms with E-state index in [1.165, 1.54) is 0 Å². The van der Waals surface area contributed by atoms with Crippen LogP contribution in [0.3, 0.4) is 0 Å². The molecule has 1 aliphatic rings. The highest BCUT2D eigenvalue weighted by atomic mass is 32.2. The lowest BCUT2D eigenvalue weighted by atomic mass is 10.1. The van der Waals surface area contributed by atoms with Crippen molar-refractivity contribution in [3.63, 3.8) is 0 Å². The van der Waals surface area contributed by atoms with Crippen LogP contribution >= 0.6 is 0 Å². The Morgan fingerprint density at radius 2 is 2.04 bits per heavy atom. The maximum absolute atomic E-state index is 11.6. The van der Waals surface area contributed by atoms with E-state index in [2.05, 4.69) is 19.4 Å². The molecule has 4 N–H and O–H groups in total. The summed E-state index contributed by atoms with van der Waals surface area (Å²) in [5.41, 5.74) is 6.18. The number of nitrogens with zero attached hydrogens (tertiary/aromatic N) is 2. The number of amidine groups is 1. The molecule has 0 saturated carbocycles. The lowest BCUT2D eigenvalue weighted by molar-refractivity contribution is 0.256. The summed E-state index contributed by atoms with van der Waals surface area (Å²) in [6, 6.07) is 10.6. The molecule has 0 spiro atoms. The van der Waals surface area contributed by atoms with Crippen LogP contribution in [0.15, 0.2) is 47.0 Å². The quantitative estimate of drug-likeness (QED) is 0.746. The zero-order valence-electron chi connectivity index (χ0n) is 13.9. The molecule has 1 aliphatic heterocycles. The molecule has 132 valence electrons. The third-order valence-corrected chi connectivity index (χ3v) is 4.37. The summed E-state index contributed by atoms with van der Waals surface area (Å²) in [5, 5.41) is 3.28. The number of ether oxygens (including phenoxy) is 1. The maximum atomic E-state index is 11.6. The van der Waals surface area contributed by atoms with E-state index in [1.54, 1.807) is 24.4 Å². The van der Waals surface area contributed by atoms with E-state index in [-0.39, 0.29) is 5.84 Å². The molecule has 0 fully saturated rings. The smallest absolute Gasteiger partial charge is 0.344 e. The van der Waals surface area contributed by atoms with Gasteiger partial charge in [-0.1, -0.05) is 12.1 Å². The molecule has 3 rings (SSSR count). The number of nitrogens with two attached hydrogens (primary N) is 1. The number of fused-ring (bicyclic) bond motifs is 1. The van der Waals surface area contributed by atoms with Gasteiger partial charge in [0.15, 0.2) is 5.84 Å². The minimum absolute atomic E-state index is 0.0974. The van der Waals surface area contributed by atoms with Crippen molar-refractivity contribution in [2.24, 2.45) is 10.1 Å². The Hall–Kier alpha value is -2.81. The van der Waals surface area contributed by atoms with Crippen molar-refractivity contribution in [3.8, 4) is 5.75 Å². The van der Waals surface area contributed by atoms with E-state index >= 15 is 0 Å². The van der Waals surface area contributed by atoms with E-state index in [0.717, 1.165) is 5.82 Å². The third-order valence-electron chi connectivity index (χ3n) is 3.46. The average molecular weight is 361 g/mol. The molecule has 0 unspecified atom stereocenters. The molecule has 9 heteroatoms. The summed E-state index contributed by atoms with van der Waals surface area (Å²) in [7, 11) is -3.81. The molecule has 8 nitrogen and oxygen atoms in total. The summed E-state index contributed by atoms with van der Waals surface area (Å²) in [4.78, 5) is 4.23. The Kier molecular flexibility index (Phi) is 4.25. The van der Waals surface area contributed by atoms with E-state index in [0.29, 0.717) is 23.6 Å². The highest BCUT2D eigenvalue weighted by molar-refractivity contribution is 7.91. The van der Waals surface area contributed by atoms with Crippen LogP contribution in [-0.2, 0) is 10.2 Å². The Morgan fingerprint density at radius 1 is 1.24 bits per heavy atom. The highest BCUT2D eigenvalue weighted by Gasteiger charge is 2.26. The topological polar surface area (TPSA) is 119 Å². The van der Waals surface area contributed by atoms with E-state index in [4.69, 9.17) is 10.5 Å². The van der Waals surface area contributed by atoms with Crippen LogP contribution in [0.4, 0.5) is 11.5 Å². The molecular formula is C16H19N5O3S. The third kappa shape index (κ3) is 4.00. The number of nitrogens with one attached hydrogen (secondary N) is 2. The van der Waals surface area contributed by atoms with Crippen LogP contribution in [0.1, 0.15) is 19.4 Å². The summed E-state index contributed by atoms with van der Waals surface area (Å²) < 4.78 is 35.0. The molecule has 0 saturated heterocycles. The molecule has 2 heterocycles. The summed E-state index contributed by atoms with van der Waals surface area (Å²) in [6.45, 7) is 4.24. The van der Waals surface area contributed by atoms with Gasteiger partial charge in [0.05, 0.1) is 16.8 Å². The van der Waals surface area contributed by atoms with Gasteiger partial charge in [0, 0.05) is 6.20 Å². The molecule has 1 aromatic carbocycles. The number of pyridine rings is 1. The molecule has 2 aromatic rings. The molecule has 0 bridgehead atoms. The van der Waals surface area contributed by atoms with Crippen molar-refractivity contribution in [2.75, 3.05) is 16.6 Å². The van der Waals surface area contributed by atoms with Gasteiger partial charge in [0.1, 0.15) is 18.2 Å². The number of anilines is 2. The lowest BCUT2D eigenvalue weighted by Gasteiger charge is -2.28. The van der Waals surface area contributed by atoms with Gasteiger partial charge < -0.3 is 15.8 Å². The fourth-order valence-electron chi connectivity index (χ4n) is 2.42. The normalized spacial score (nSPS) is 15.5. The Balaban J connectivity index is 1.79. The molecule has 25 heavy (non-hydrogen) atoms. The fourth-order valence-corrected chi connectivity index (χ4v) is 3.26. The maximum Gasteiger partial charge on any atom is 0.344 e. The second-order valence-corrected chi connectivity index (χ2v) is 7.58. The van der Waals surface area contributed by atoms with Gasteiger partial charge in [-0.15, -0.1) is 4.40 Å². The molecule has 1 aromatic heterocycles. The zero-order valence-corrected chi connectivity index (χ0v) is 14.7. The number of rotatable bonds is 5. The van der Waals surface area contributed by atoms with Crippen LogP contribution in [0.25, 0.3) is 0 Å². The number of hydrogen-bond donors (Lipinski definition) is 3. The minimum Gasteiger partial charge on any atom is -0.490 e. The monoisotopic (exact) mass is 361 g/mol. The Bertz CT molecular complexity index is 911. The van der Waals surface area contributed by atoms with E-state index in [1.807, 2.05) is 32.0 Å². The van der Waals surface area contributed by atoms with Crippen molar-refractivity contribution in [3.05, 3.63) is 48.2 Å². The Labute approximate surface area is 146 Å². The first-order valence-corrected chi connectivity index (χ1v) is 9.03. The van der Waals surface area contributed by atoms with Gasteiger partial charge in [-0.05, 0) is 38.1 Å². The van der Waals surface area contributed by atoms with Gasteiger partial charge in [-0.2, -0.15) is 8.42 Å². The van der Waals surface area contributed by atoms with Crippen molar-refractivity contribution in [2.45, 2.75) is 19.4 Å². The van der Waals surface area contributed by atoms with Crippen molar-refractivity contribution in [1.82, 2.24) is 4.98 Å². The fraction of sp³-hybridized carbons (Fsp3) is 0.250. The second kappa shape index (κ2) is 6.25. The van der Waals surface area contributed by atoms with Crippen LogP contribution in [0, 0.1) is 0 Å². The molecule has 0 radical (unpaired) electrons. The number of benzene rings is 1. The van der Waals surface area contributed by atoms with Crippen molar-refractivity contribution >= 4 is 27.6 Å². The lowest BCUT2D eigenvalue weighted by Crippen LogP contribution is -2.38. The minimum atomic E-state index is -3.81. The first kappa shape index (κ1) is 17.0. The van der Waals surface area contributed by atoms with Gasteiger partial charge >= 0.3 is 10.2 Å². The first-order valence-electron chi connectivity index (χ1n) is 7.59. The van der Waals surface area contributed by atoms with Gasteiger partial charge in [-0.3, -0.25) is 4.72 Å². The van der Waals surface area contributed by atoms with Gasteiger partial charge in [-0.25, -0.2) is 4.98 Å². The first-order chi connectivity index (χ1) is 11.8. The second-order valence-electron chi connectivity index (χ2n) is 6.24. The van der Waals surface area contributed by atoms with Gasteiger partial charge in [0.25, 0.3) is 0 Å². The molecule has 0 atom stereocenters. The van der Waals surface area contributed by atoms with E-state index in [9.17, 15) is 8.42 Å². The summed E-state index contributed by atoms with van der Waals surface area (Å²) >= 11 is 0. The van der Waals surface area contributed by atoms with Crippen LogP contribution < -0.4 is 20.5 Å². The van der Waals surface area contributed by atoms with Crippen molar-refractivity contribution in [1.29, 1.82) is 0 Å². The Morgan fingerprint density at radius 3 is 2.76 bits per heavy atom. The average Bonchev–Trinajstić information content (AvgIpc) is 2.52. The van der Waals surface area contributed by atoms with E-state index < -0.39 is 15.7 Å². The van der Waals surface area contributed by atoms with Crippen LogP contribution in [0.2, 0.25) is 0 Å². The van der Waals surface area contributed by atoms with Gasteiger partial charge in [0.2, 0.25) is 0 Å². The highest BCUT2D eigenvalue weighted by Crippen LogP contribution is 2.31. The predicted molar refractivity (Wildman–Crippen MR) is 97.1 cm³/mol. The summed E-state index contributed by atoms with van der Waals surface area (Å²) in [6.07, 6.45) is 1.70. The van der Waals surface area contributed by atoms with Crippen LogP contribution in [-0.4, -0.2) is 31.4 Å². The molecule has 0 amide bonds. The molecule has 0 aliphatic carbocycles.